The van der Waals surface area contributed by atoms with Gasteiger partial charge in [-0.05, 0) is 39.0 Å². The molecular weight excluding hydrogens is 320 g/mol. The molecule has 23 heavy (non-hydrogen) atoms. The third-order valence-corrected chi connectivity index (χ3v) is 3.17. The number of benzene rings is 1. The average Bonchev–Trinajstić information content (AvgIpc) is 2.42. The largest absolute Gasteiger partial charge is 0.465 e. The summed E-state index contributed by atoms with van der Waals surface area (Å²) in [5.74, 6) is -1.24. The second kappa shape index (κ2) is 7.46. The molecule has 1 rings (SSSR count). The first-order valence-corrected chi connectivity index (χ1v) is 7.40. The normalized spacial score (nSPS) is 10.9. The number of rotatable bonds is 4. The maximum atomic E-state index is 12.1. The lowest BCUT2D eigenvalue weighted by molar-refractivity contribution is -0.124. The first-order chi connectivity index (χ1) is 10.5. The van der Waals surface area contributed by atoms with Crippen molar-refractivity contribution in [3.8, 4) is 0 Å². The molecular formula is C16H21ClN2O4. The van der Waals surface area contributed by atoms with E-state index in [0.29, 0.717) is 0 Å². The van der Waals surface area contributed by atoms with Crippen LogP contribution in [0.1, 0.15) is 38.1 Å². The molecule has 0 aliphatic rings. The van der Waals surface area contributed by atoms with Crippen molar-refractivity contribution in [3.63, 3.8) is 0 Å². The lowest BCUT2D eigenvalue weighted by Crippen LogP contribution is -2.47. The predicted molar refractivity (Wildman–Crippen MR) is 88.7 cm³/mol. The summed E-state index contributed by atoms with van der Waals surface area (Å²) in [5, 5.41) is 3.04. The summed E-state index contributed by atoms with van der Waals surface area (Å²) in [6, 6.07) is 4.41. The summed E-state index contributed by atoms with van der Waals surface area (Å²) in [6.45, 7) is 6.65. The Balaban J connectivity index is 3.13. The van der Waals surface area contributed by atoms with Gasteiger partial charge in [-0.2, -0.15) is 0 Å². The van der Waals surface area contributed by atoms with E-state index in [4.69, 9.17) is 11.6 Å². The number of methoxy groups -OCH3 is 1. The number of esters is 1. The highest BCUT2D eigenvalue weighted by Gasteiger charge is 2.22. The number of amides is 2. The van der Waals surface area contributed by atoms with Crippen molar-refractivity contribution in [2.24, 2.45) is 0 Å². The molecule has 0 unspecified atom stereocenters. The topological polar surface area (TPSA) is 75.7 Å². The number of carbonyl (C=O) groups excluding carboxylic acids is 3. The van der Waals surface area contributed by atoms with Gasteiger partial charge in [0.15, 0.2) is 0 Å². The smallest absolute Gasteiger partial charge is 0.337 e. The molecule has 126 valence electrons. The fourth-order valence-electron chi connectivity index (χ4n) is 1.93. The summed E-state index contributed by atoms with van der Waals surface area (Å²) in [6.07, 6.45) is 0. The number of ether oxygens (including phenoxy) is 1. The lowest BCUT2D eigenvalue weighted by Gasteiger charge is -2.26. The van der Waals surface area contributed by atoms with Crippen LogP contribution in [0.5, 0.6) is 0 Å². The van der Waals surface area contributed by atoms with Crippen LogP contribution >= 0.6 is 11.6 Å². The van der Waals surface area contributed by atoms with E-state index in [2.05, 4.69) is 10.1 Å². The molecule has 1 aromatic rings. The minimum atomic E-state index is -0.550. The fraction of sp³-hybridized carbons (Fsp3) is 0.438. The summed E-state index contributed by atoms with van der Waals surface area (Å²) >= 11 is 6.12. The van der Waals surface area contributed by atoms with Crippen molar-refractivity contribution in [2.45, 2.75) is 33.2 Å². The van der Waals surface area contributed by atoms with Gasteiger partial charge in [0.25, 0.3) is 0 Å². The maximum Gasteiger partial charge on any atom is 0.337 e. The molecule has 0 atom stereocenters. The van der Waals surface area contributed by atoms with Gasteiger partial charge < -0.3 is 15.0 Å². The third-order valence-electron chi connectivity index (χ3n) is 2.85. The molecule has 6 nitrogen and oxygen atoms in total. The Morgan fingerprint density at radius 1 is 1.26 bits per heavy atom. The Labute approximate surface area is 140 Å². The van der Waals surface area contributed by atoms with Crippen LogP contribution in [0.3, 0.4) is 0 Å². The molecule has 0 saturated heterocycles. The Bertz CT molecular complexity index is 623. The van der Waals surface area contributed by atoms with E-state index in [1.54, 1.807) is 0 Å². The van der Waals surface area contributed by atoms with Gasteiger partial charge in [-0.3, -0.25) is 9.59 Å². The van der Waals surface area contributed by atoms with Gasteiger partial charge in [0.1, 0.15) is 6.54 Å². The fourth-order valence-corrected chi connectivity index (χ4v) is 2.15. The molecule has 0 aromatic heterocycles. The van der Waals surface area contributed by atoms with Crippen LogP contribution in [0.4, 0.5) is 5.69 Å². The van der Waals surface area contributed by atoms with Gasteiger partial charge in [-0.25, -0.2) is 4.79 Å². The third kappa shape index (κ3) is 5.56. The van der Waals surface area contributed by atoms with E-state index in [1.807, 2.05) is 20.8 Å². The van der Waals surface area contributed by atoms with E-state index >= 15 is 0 Å². The second-order valence-corrected chi connectivity index (χ2v) is 6.47. The monoisotopic (exact) mass is 340 g/mol. The number of nitrogens with zero attached hydrogens (tertiary/aromatic N) is 1. The molecule has 0 aliphatic heterocycles. The second-order valence-electron chi connectivity index (χ2n) is 6.06. The van der Waals surface area contributed by atoms with E-state index < -0.39 is 11.5 Å². The van der Waals surface area contributed by atoms with Gasteiger partial charge in [0, 0.05) is 12.5 Å². The van der Waals surface area contributed by atoms with E-state index in [9.17, 15) is 14.4 Å². The Kier molecular flexibility index (Phi) is 6.15. The van der Waals surface area contributed by atoms with E-state index in [1.165, 1.54) is 37.1 Å². The van der Waals surface area contributed by atoms with Crippen molar-refractivity contribution in [1.29, 1.82) is 0 Å². The average molecular weight is 341 g/mol. The molecule has 0 spiro atoms. The number of anilines is 1. The predicted octanol–water partition coefficient (Wildman–Crippen LogP) is 2.39. The van der Waals surface area contributed by atoms with Crippen molar-refractivity contribution in [3.05, 3.63) is 28.8 Å². The molecule has 0 saturated carbocycles. The number of hydrogen-bond donors (Lipinski definition) is 1. The Hall–Kier alpha value is -2.08. The van der Waals surface area contributed by atoms with Crippen LogP contribution in [0.2, 0.25) is 5.02 Å². The van der Waals surface area contributed by atoms with Crippen LogP contribution in [0.25, 0.3) is 0 Å². The van der Waals surface area contributed by atoms with Crippen LogP contribution in [-0.2, 0) is 14.3 Å². The molecule has 7 heteroatoms. The minimum absolute atomic E-state index is 0.197. The molecule has 0 radical (unpaired) electrons. The highest BCUT2D eigenvalue weighted by Crippen LogP contribution is 2.27. The van der Waals surface area contributed by atoms with Gasteiger partial charge >= 0.3 is 5.97 Å². The molecule has 0 aliphatic carbocycles. The van der Waals surface area contributed by atoms with Gasteiger partial charge in [0.05, 0.1) is 23.4 Å². The zero-order chi connectivity index (χ0) is 17.8. The Morgan fingerprint density at radius 2 is 1.87 bits per heavy atom. The number of halogens is 1. The van der Waals surface area contributed by atoms with Crippen LogP contribution < -0.4 is 10.2 Å². The van der Waals surface area contributed by atoms with Gasteiger partial charge in [-0.1, -0.05) is 11.6 Å². The minimum Gasteiger partial charge on any atom is -0.465 e. The molecule has 0 bridgehead atoms. The zero-order valence-electron chi connectivity index (χ0n) is 13.9. The summed E-state index contributed by atoms with van der Waals surface area (Å²) in [5.41, 5.74) is 0.109. The number of nitrogens with one attached hydrogen (secondary N) is 1. The van der Waals surface area contributed by atoms with Gasteiger partial charge in [-0.15, -0.1) is 0 Å². The standard InChI is InChI=1S/C16H21ClN2O4/c1-10(20)19(9-14(21)18-16(2,3)4)13-8-11(15(22)23-5)6-7-12(13)17/h6-8H,9H2,1-5H3,(H,18,21). The highest BCUT2D eigenvalue weighted by molar-refractivity contribution is 6.34. The first-order valence-electron chi connectivity index (χ1n) is 7.02. The summed E-state index contributed by atoms with van der Waals surface area (Å²) in [4.78, 5) is 36.9. The zero-order valence-corrected chi connectivity index (χ0v) is 14.7. The number of carbonyl (C=O) groups is 3. The summed E-state index contributed by atoms with van der Waals surface area (Å²) < 4.78 is 4.65. The molecule has 2 amide bonds. The maximum absolute atomic E-state index is 12.1. The van der Waals surface area contributed by atoms with Crippen LogP contribution in [0, 0.1) is 0 Å². The van der Waals surface area contributed by atoms with Crippen LogP contribution in [-0.4, -0.2) is 37.0 Å². The molecule has 0 fully saturated rings. The summed E-state index contributed by atoms with van der Waals surface area (Å²) in [7, 11) is 1.26. The van der Waals surface area contributed by atoms with E-state index in [-0.39, 0.29) is 34.6 Å². The SMILES string of the molecule is COC(=O)c1ccc(Cl)c(N(CC(=O)NC(C)(C)C)C(C)=O)c1. The van der Waals surface area contributed by atoms with Gasteiger partial charge in [0.2, 0.25) is 11.8 Å². The first kappa shape index (κ1) is 19.0. The quantitative estimate of drug-likeness (QED) is 0.854. The van der Waals surface area contributed by atoms with Crippen molar-refractivity contribution < 1.29 is 19.1 Å². The Morgan fingerprint density at radius 3 is 2.35 bits per heavy atom. The molecule has 1 aromatic carbocycles. The van der Waals surface area contributed by atoms with Crippen molar-refractivity contribution in [2.75, 3.05) is 18.6 Å². The molecule has 0 heterocycles. The highest BCUT2D eigenvalue weighted by atomic mass is 35.5. The van der Waals surface area contributed by atoms with Crippen molar-refractivity contribution in [1.82, 2.24) is 5.32 Å². The van der Waals surface area contributed by atoms with Crippen molar-refractivity contribution >= 4 is 35.1 Å². The lowest BCUT2D eigenvalue weighted by atomic mass is 10.1. The van der Waals surface area contributed by atoms with E-state index in [0.717, 1.165) is 0 Å². The molecule has 1 N–H and O–H groups in total. The van der Waals surface area contributed by atoms with Crippen LogP contribution in [0.15, 0.2) is 18.2 Å². The number of hydrogen-bond acceptors (Lipinski definition) is 4.